The summed E-state index contributed by atoms with van der Waals surface area (Å²) in [7, 11) is 0. The molecule has 1 aliphatic rings. The first-order valence-electron chi connectivity index (χ1n) is 7.89. The predicted molar refractivity (Wildman–Crippen MR) is 95.3 cm³/mol. The van der Waals surface area contributed by atoms with Crippen molar-refractivity contribution in [2.24, 2.45) is 4.99 Å². The maximum atomic E-state index is 5.81. The molecule has 22 heavy (non-hydrogen) atoms. The van der Waals surface area contributed by atoms with E-state index in [-0.39, 0.29) is 0 Å². The molecule has 0 amide bonds. The van der Waals surface area contributed by atoms with Crippen molar-refractivity contribution >= 4 is 23.1 Å². The Labute approximate surface area is 136 Å². The molecule has 2 nitrogen and oxygen atoms in total. The van der Waals surface area contributed by atoms with E-state index in [1.807, 2.05) is 0 Å². The Morgan fingerprint density at radius 1 is 1.27 bits per heavy atom. The molecular formula is C19H21NOS. The van der Waals surface area contributed by atoms with Gasteiger partial charge < -0.3 is 4.74 Å². The minimum absolute atomic E-state index is 0.800. The second-order valence-electron chi connectivity index (χ2n) is 5.39. The Morgan fingerprint density at radius 3 is 3.05 bits per heavy atom. The molecule has 0 N–H and O–H groups in total. The largest absolute Gasteiger partial charge is 0.494 e. The van der Waals surface area contributed by atoms with Crippen LogP contribution >= 0.6 is 11.3 Å². The standard InChI is InChI=1S/C19H21NOS/c1-2-3-12-21-16-6-8-18-15(14-16)10-11-20-19(18)9-7-17-5-4-13-22-17/h4-9,13-14H,2-3,10-12H2,1H3/b9-7+. The van der Waals surface area contributed by atoms with Gasteiger partial charge in [-0.25, -0.2) is 0 Å². The number of thiophene rings is 1. The van der Waals surface area contributed by atoms with Gasteiger partial charge in [-0.1, -0.05) is 19.4 Å². The minimum atomic E-state index is 0.800. The van der Waals surface area contributed by atoms with Gasteiger partial charge in [-0.2, -0.15) is 0 Å². The highest BCUT2D eigenvalue weighted by Gasteiger charge is 2.13. The molecule has 3 rings (SSSR count). The van der Waals surface area contributed by atoms with Crippen LogP contribution in [0.2, 0.25) is 0 Å². The quantitative estimate of drug-likeness (QED) is 0.689. The summed E-state index contributed by atoms with van der Waals surface area (Å²) in [5.74, 6) is 0.982. The number of fused-ring (bicyclic) bond motifs is 1. The number of hydrogen-bond donors (Lipinski definition) is 0. The average Bonchev–Trinajstić information content (AvgIpc) is 3.06. The molecule has 1 aromatic heterocycles. The van der Waals surface area contributed by atoms with Crippen molar-refractivity contribution in [1.29, 1.82) is 0 Å². The van der Waals surface area contributed by atoms with E-state index >= 15 is 0 Å². The van der Waals surface area contributed by atoms with Gasteiger partial charge in [-0.3, -0.25) is 4.99 Å². The monoisotopic (exact) mass is 311 g/mol. The third-order valence-corrected chi connectivity index (χ3v) is 4.57. The number of unbranched alkanes of at least 4 members (excludes halogenated alkanes) is 1. The van der Waals surface area contributed by atoms with Crippen molar-refractivity contribution < 1.29 is 4.74 Å². The zero-order valence-electron chi connectivity index (χ0n) is 12.9. The van der Waals surface area contributed by atoms with E-state index in [2.05, 4.69) is 59.8 Å². The molecule has 0 spiro atoms. The molecule has 0 unspecified atom stereocenters. The maximum Gasteiger partial charge on any atom is 0.119 e. The molecule has 0 atom stereocenters. The molecule has 0 aliphatic carbocycles. The molecule has 0 saturated carbocycles. The van der Waals surface area contributed by atoms with E-state index in [1.54, 1.807) is 11.3 Å². The van der Waals surface area contributed by atoms with Crippen molar-refractivity contribution in [3.63, 3.8) is 0 Å². The summed E-state index contributed by atoms with van der Waals surface area (Å²) >= 11 is 1.74. The predicted octanol–water partition coefficient (Wildman–Crippen LogP) is 4.99. The smallest absolute Gasteiger partial charge is 0.119 e. The normalized spacial score (nSPS) is 14.0. The second kappa shape index (κ2) is 7.41. The van der Waals surface area contributed by atoms with Gasteiger partial charge in [-0.05, 0) is 60.2 Å². The molecule has 3 heteroatoms. The lowest BCUT2D eigenvalue weighted by Gasteiger charge is -2.16. The number of nitrogens with zero attached hydrogens (tertiary/aromatic N) is 1. The highest BCUT2D eigenvalue weighted by Crippen LogP contribution is 2.23. The summed E-state index contributed by atoms with van der Waals surface area (Å²) in [5, 5.41) is 2.09. The van der Waals surface area contributed by atoms with Crippen LogP contribution in [-0.2, 0) is 6.42 Å². The van der Waals surface area contributed by atoms with Gasteiger partial charge in [0.15, 0.2) is 0 Å². The zero-order chi connectivity index (χ0) is 15.2. The van der Waals surface area contributed by atoms with Gasteiger partial charge in [0.05, 0.1) is 12.3 Å². The van der Waals surface area contributed by atoms with E-state index in [0.717, 1.165) is 43.9 Å². The Hall–Kier alpha value is -1.87. The van der Waals surface area contributed by atoms with Crippen LogP contribution in [0.25, 0.3) is 6.08 Å². The second-order valence-corrected chi connectivity index (χ2v) is 6.37. The topological polar surface area (TPSA) is 21.6 Å². The van der Waals surface area contributed by atoms with Crippen LogP contribution in [0.3, 0.4) is 0 Å². The Morgan fingerprint density at radius 2 is 2.23 bits per heavy atom. The number of hydrogen-bond acceptors (Lipinski definition) is 3. The van der Waals surface area contributed by atoms with Gasteiger partial charge in [0.2, 0.25) is 0 Å². The van der Waals surface area contributed by atoms with Crippen LogP contribution in [0.5, 0.6) is 5.75 Å². The number of rotatable bonds is 6. The Balaban J connectivity index is 1.75. The summed E-state index contributed by atoms with van der Waals surface area (Å²) < 4.78 is 5.81. The van der Waals surface area contributed by atoms with Crippen LogP contribution in [-0.4, -0.2) is 18.9 Å². The number of aliphatic imine (C=N–C) groups is 1. The van der Waals surface area contributed by atoms with Crippen LogP contribution in [0, 0.1) is 0 Å². The van der Waals surface area contributed by atoms with Crippen LogP contribution < -0.4 is 4.74 Å². The first kappa shape index (κ1) is 15.0. The Kier molecular flexibility index (Phi) is 5.07. The molecule has 114 valence electrons. The summed E-state index contributed by atoms with van der Waals surface area (Å²) in [4.78, 5) is 5.93. The third-order valence-electron chi connectivity index (χ3n) is 3.73. The number of ether oxygens (including phenoxy) is 1. The van der Waals surface area contributed by atoms with Crippen molar-refractivity contribution in [1.82, 2.24) is 0 Å². The molecule has 1 aliphatic heterocycles. The van der Waals surface area contributed by atoms with Crippen molar-refractivity contribution in [2.45, 2.75) is 26.2 Å². The van der Waals surface area contributed by atoms with Gasteiger partial charge in [0.1, 0.15) is 5.75 Å². The molecule has 0 fully saturated rings. The molecule has 1 aromatic carbocycles. The van der Waals surface area contributed by atoms with Crippen molar-refractivity contribution in [3.8, 4) is 5.75 Å². The van der Waals surface area contributed by atoms with E-state index in [4.69, 9.17) is 4.74 Å². The van der Waals surface area contributed by atoms with E-state index in [1.165, 1.54) is 16.0 Å². The molecule has 0 saturated heterocycles. The first-order valence-corrected chi connectivity index (χ1v) is 8.77. The fourth-order valence-electron chi connectivity index (χ4n) is 2.52. The van der Waals surface area contributed by atoms with Crippen molar-refractivity contribution in [2.75, 3.05) is 13.2 Å². The lowest BCUT2D eigenvalue weighted by atomic mass is 9.97. The lowest BCUT2D eigenvalue weighted by Crippen LogP contribution is -2.11. The third kappa shape index (κ3) is 3.66. The van der Waals surface area contributed by atoms with Gasteiger partial charge in [0.25, 0.3) is 0 Å². The summed E-state index contributed by atoms with van der Waals surface area (Å²) in [6, 6.07) is 10.6. The highest BCUT2D eigenvalue weighted by atomic mass is 32.1. The van der Waals surface area contributed by atoms with Gasteiger partial charge in [-0.15, -0.1) is 11.3 Å². The Bertz CT molecular complexity index is 671. The van der Waals surface area contributed by atoms with Crippen LogP contribution in [0.15, 0.2) is 46.8 Å². The average molecular weight is 311 g/mol. The highest BCUT2D eigenvalue weighted by molar-refractivity contribution is 7.10. The maximum absolute atomic E-state index is 5.81. The fourth-order valence-corrected chi connectivity index (χ4v) is 3.14. The molecule has 2 aromatic rings. The summed E-state index contributed by atoms with van der Waals surface area (Å²) in [6.45, 7) is 3.84. The zero-order valence-corrected chi connectivity index (χ0v) is 13.7. The van der Waals surface area contributed by atoms with Crippen LogP contribution in [0.4, 0.5) is 0 Å². The summed E-state index contributed by atoms with van der Waals surface area (Å²) in [6.07, 6.45) is 7.53. The number of benzene rings is 1. The number of allylic oxidation sites excluding steroid dienone is 1. The van der Waals surface area contributed by atoms with Crippen LogP contribution in [0.1, 0.15) is 35.8 Å². The first-order chi connectivity index (χ1) is 10.9. The van der Waals surface area contributed by atoms with Crippen molar-refractivity contribution in [3.05, 3.63) is 57.8 Å². The van der Waals surface area contributed by atoms with Gasteiger partial charge in [0, 0.05) is 17.0 Å². The lowest BCUT2D eigenvalue weighted by molar-refractivity contribution is 0.309. The summed E-state index contributed by atoms with van der Waals surface area (Å²) in [5.41, 5.74) is 3.66. The van der Waals surface area contributed by atoms with E-state index in [9.17, 15) is 0 Å². The molecule has 0 bridgehead atoms. The molecular weight excluding hydrogens is 290 g/mol. The SMILES string of the molecule is CCCCOc1ccc2c(c1)CCN=C2/C=C/c1cccs1. The van der Waals surface area contributed by atoms with Gasteiger partial charge >= 0.3 is 0 Å². The fraction of sp³-hybridized carbons (Fsp3) is 0.316. The van der Waals surface area contributed by atoms with E-state index < -0.39 is 0 Å². The van der Waals surface area contributed by atoms with E-state index in [0.29, 0.717) is 0 Å². The minimum Gasteiger partial charge on any atom is -0.494 e. The molecule has 0 radical (unpaired) electrons. The molecule has 2 heterocycles.